The van der Waals surface area contributed by atoms with Gasteiger partial charge in [-0.3, -0.25) is 9.78 Å². The van der Waals surface area contributed by atoms with E-state index in [1.807, 2.05) is 18.2 Å². The lowest BCUT2D eigenvalue weighted by Gasteiger charge is -2.22. The largest absolute Gasteiger partial charge is 0.481 e. The molecule has 2 rings (SSSR count). The number of aliphatic carboxylic acids is 1. The lowest BCUT2D eigenvalue weighted by Crippen LogP contribution is -2.35. The van der Waals surface area contributed by atoms with Gasteiger partial charge in [0.2, 0.25) is 0 Å². The van der Waals surface area contributed by atoms with Crippen LogP contribution in [0.1, 0.15) is 12.1 Å². The summed E-state index contributed by atoms with van der Waals surface area (Å²) in [5.74, 6) is -0.724. The predicted molar refractivity (Wildman–Crippen MR) is 55.5 cm³/mol. The van der Waals surface area contributed by atoms with Crippen LogP contribution in [0.5, 0.6) is 0 Å². The Morgan fingerprint density at radius 3 is 3.00 bits per heavy atom. The normalized spacial score (nSPS) is 25.3. The molecule has 2 heterocycles. The van der Waals surface area contributed by atoms with Gasteiger partial charge in [-0.1, -0.05) is 6.07 Å². The molecule has 1 aromatic rings. The molecule has 15 heavy (non-hydrogen) atoms. The van der Waals surface area contributed by atoms with E-state index in [1.165, 1.54) is 0 Å². The Labute approximate surface area is 88.3 Å². The summed E-state index contributed by atoms with van der Waals surface area (Å²) in [7, 11) is 0. The van der Waals surface area contributed by atoms with Gasteiger partial charge in [-0.05, 0) is 25.1 Å². The number of rotatable bonds is 3. The summed E-state index contributed by atoms with van der Waals surface area (Å²) in [6, 6.07) is 5.60. The van der Waals surface area contributed by atoms with E-state index < -0.39 is 11.4 Å². The average molecular weight is 206 g/mol. The Morgan fingerprint density at radius 1 is 1.60 bits per heavy atom. The fraction of sp³-hybridized carbons (Fsp3) is 0.455. The third-order valence-corrected chi connectivity index (χ3v) is 2.94. The molecule has 80 valence electrons. The molecule has 1 aliphatic rings. The molecule has 0 saturated carbocycles. The Morgan fingerprint density at radius 2 is 2.47 bits per heavy atom. The fourth-order valence-corrected chi connectivity index (χ4v) is 2.00. The van der Waals surface area contributed by atoms with E-state index in [2.05, 4.69) is 10.3 Å². The minimum atomic E-state index is -0.724. The van der Waals surface area contributed by atoms with Crippen LogP contribution >= 0.6 is 0 Å². The van der Waals surface area contributed by atoms with E-state index >= 15 is 0 Å². The zero-order chi connectivity index (χ0) is 10.7. The van der Waals surface area contributed by atoms with Gasteiger partial charge in [0.25, 0.3) is 0 Å². The lowest BCUT2D eigenvalue weighted by atomic mass is 9.82. The Bertz CT molecular complexity index is 345. The standard InChI is InChI=1S/C11H14N2O2/c14-10(15)11(4-6-12-8-11)7-9-3-1-2-5-13-9/h1-3,5,12H,4,6-8H2,(H,14,15). The molecule has 1 atom stereocenters. The topological polar surface area (TPSA) is 62.2 Å². The van der Waals surface area contributed by atoms with Crippen molar-refractivity contribution >= 4 is 5.97 Å². The molecule has 1 aliphatic heterocycles. The zero-order valence-corrected chi connectivity index (χ0v) is 8.44. The molecule has 0 spiro atoms. The summed E-state index contributed by atoms with van der Waals surface area (Å²) in [5.41, 5.74) is 0.192. The molecule has 0 bridgehead atoms. The van der Waals surface area contributed by atoms with Crippen molar-refractivity contribution in [2.45, 2.75) is 12.8 Å². The van der Waals surface area contributed by atoms with Crippen LogP contribution in [0.2, 0.25) is 0 Å². The molecule has 0 aliphatic carbocycles. The maximum absolute atomic E-state index is 11.3. The lowest BCUT2D eigenvalue weighted by molar-refractivity contribution is -0.147. The first-order valence-corrected chi connectivity index (χ1v) is 5.07. The SMILES string of the molecule is O=C(O)C1(Cc2ccccn2)CCNC1. The van der Waals surface area contributed by atoms with E-state index in [1.54, 1.807) is 6.20 Å². The van der Waals surface area contributed by atoms with Crippen molar-refractivity contribution in [1.82, 2.24) is 10.3 Å². The Kier molecular flexibility index (Phi) is 2.68. The number of hydrogen-bond acceptors (Lipinski definition) is 3. The van der Waals surface area contributed by atoms with Crippen LogP contribution in [-0.2, 0) is 11.2 Å². The number of nitrogens with one attached hydrogen (secondary N) is 1. The van der Waals surface area contributed by atoms with Gasteiger partial charge in [0.1, 0.15) is 0 Å². The van der Waals surface area contributed by atoms with E-state index in [0.717, 1.165) is 12.2 Å². The minimum absolute atomic E-state index is 0.510. The molecule has 4 heteroatoms. The van der Waals surface area contributed by atoms with Gasteiger partial charge in [-0.2, -0.15) is 0 Å². The first-order chi connectivity index (χ1) is 7.23. The molecule has 0 amide bonds. The number of carboxylic acids is 1. The van der Waals surface area contributed by atoms with Gasteiger partial charge in [-0.15, -0.1) is 0 Å². The molecule has 4 nitrogen and oxygen atoms in total. The highest BCUT2D eigenvalue weighted by molar-refractivity contribution is 5.75. The van der Waals surface area contributed by atoms with Gasteiger partial charge >= 0.3 is 5.97 Å². The highest BCUT2D eigenvalue weighted by Gasteiger charge is 2.41. The second-order valence-electron chi connectivity index (χ2n) is 4.01. The van der Waals surface area contributed by atoms with E-state index in [9.17, 15) is 9.90 Å². The minimum Gasteiger partial charge on any atom is -0.481 e. The van der Waals surface area contributed by atoms with Crippen molar-refractivity contribution in [2.24, 2.45) is 5.41 Å². The van der Waals surface area contributed by atoms with Crippen molar-refractivity contribution in [3.63, 3.8) is 0 Å². The summed E-state index contributed by atoms with van der Waals surface area (Å²) in [4.78, 5) is 15.4. The molecule has 0 radical (unpaired) electrons. The van der Waals surface area contributed by atoms with Crippen LogP contribution in [0, 0.1) is 5.41 Å². The molecular formula is C11H14N2O2. The smallest absolute Gasteiger partial charge is 0.311 e. The van der Waals surface area contributed by atoms with Crippen LogP contribution in [0.15, 0.2) is 24.4 Å². The van der Waals surface area contributed by atoms with E-state index in [-0.39, 0.29) is 0 Å². The van der Waals surface area contributed by atoms with Crippen molar-refractivity contribution in [1.29, 1.82) is 0 Å². The number of nitrogens with zero attached hydrogens (tertiary/aromatic N) is 1. The van der Waals surface area contributed by atoms with Gasteiger partial charge in [-0.25, -0.2) is 0 Å². The van der Waals surface area contributed by atoms with E-state index in [4.69, 9.17) is 0 Å². The van der Waals surface area contributed by atoms with Crippen molar-refractivity contribution in [3.8, 4) is 0 Å². The molecule has 1 unspecified atom stereocenters. The number of aromatic nitrogens is 1. The number of hydrogen-bond donors (Lipinski definition) is 2. The number of pyridine rings is 1. The van der Waals surface area contributed by atoms with Gasteiger partial charge in [0, 0.05) is 24.9 Å². The van der Waals surface area contributed by atoms with Crippen LogP contribution in [-0.4, -0.2) is 29.1 Å². The number of carboxylic acid groups (broad SMARTS) is 1. The Hall–Kier alpha value is -1.42. The maximum Gasteiger partial charge on any atom is 0.311 e. The molecule has 1 saturated heterocycles. The van der Waals surface area contributed by atoms with Crippen molar-refractivity contribution < 1.29 is 9.90 Å². The van der Waals surface area contributed by atoms with Gasteiger partial charge < -0.3 is 10.4 Å². The Balaban J connectivity index is 2.18. The van der Waals surface area contributed by atoms with Crippen LogP contribution in [0.4, 0.5) is 0 Å². The summed E-state index contributed by atoms with van der Waals surface area (Å²) in [6.07, 6.45) is 2.89. The molecule has 2 N–H and O–H groups in total. The zero-order valence-electron chi connectivity index (χ0n) is 8.44. The molecule has 1 aromatic heterocycles. The van der Waals surface area contributed by atoms with Crippen LogP contribution < -0.4 is 5.32 Å². The highest BCUT2D eigenvalue weighted by Crippen LogP contribution is 2.29. The highest BCUT2D eigenvalue weighted by atomic mass is 16.4. The first-order valence-electron chi connectivity index (χ1n) is 5.07. The summed E-state index contributed by atoms with van der Waals surface area (Å²) in [5, 5.41) is 12.4. The first kappa shape index (κ1) is 10.1. The average Bonchev–Trinajstić information content (AvgIpc) is 2.69. The summed E-state index contributed by atoms with van der Waals surface area (Å²) < 4.78 is 0. The second-order valence-corrected chi connectivity index (χ2v) is 4.01. The third-order valence-electron chi connectivity index (χ3n) is 2.94. The molecule has 0 aromatic carbocycles. The molecule has 1 fully saturated rings. The van der Waals surface area contributed by atoms with E-state index in [0.29, 0.717) is 19.4 Å². The summed E-state index contributed by atoms with van der Waals surface area (Å²) >= 11 is 0. The van der Waals surface area contributed by atoms with Crippen LogP contribution in [0.3, 0.4) is 0 Å². The van der Waals surface area contributed by atoms with Crippen molar-refractivity contribution in [3.05, 3.63) is 30.1 Å². The summed E-state index contributed by atoms with van der Waals surface area (Å²) in [6.45, 7) is 1.32. The molecular weight excluding hydrogens is 192 g/mol. The van der Waals surface area contributed by atoms with Crippen LogP contribution in [0.25, 0.3) is 0 Å². The second kappa shape index (κ2) is 3.98. The quantitative estimate of drug-likeness (QED) is 0.763. The van der Waals surface area contributed by atoms with Gasteiger partial charge in [0.05, 0.1) is 5.41 Å². The van der Waals surface area contributed by atoms with Gasteiger partial charge in [0.15, 0.2) is 0 Å². The fourth-order valence-electron chi connectivity index (χ4n) is 2.00. The monoisotopic (exact) mass is 206 g/mol. The third kappa shape index (κ3) is 1.99. The number of carbonyl (C=O) groups is 1. The maximum atomic E-state index is 11.3. The van der Waals surface area contributed by atoms with Crippen molar-refractivity contribution in [2.75, 3.05) is 13.1 Å². The predicted octanol–water partition coefficient (Wildman–Crippen LogP) is 0.688.